The Balaban J connectivity index is 1.81. The van der Waals surface area contributed by atoms with E-state index in [9.17, 15) is 4.79 Å². The van der Waals surface area contributed by atoms with Gasteiger partial charge in [-0.05, 0) is 35.4 Å². The van der Waals surface area contributed by atoms with E-state index in [1.807, 2.05) is 72.3 Å². The first-order valence-corrected chi connectivity index (χ1v) is 8.84. The predicted octanol–water partition coefficient (Wildman–Crippen LogP) is 5.25. The van der Waals surface area contributed by atoms with Crippen molar-refractivity contribution in [1.82, 2.24) is 0 Å². The Morgan fingerprint density at radius 1 is 0.909 bits per heavy atom. The molecular formula is C18H16O2S2. The Kier molecular flexibility index (Phi) is 4.71. The Labute approximate surface area is 138 Å². The van der Waals surface area contributed by atoms with E-state index in [4.69, 9.17) is 4.74 Å². The molecule has 0 aliphatic carbocycles. The van der Waals surface area contributed by atoms with Crippen molar-refractivity contribution in [2.24, 2.45) is 0 Å². The summed E-state index contributed by atoms with van der Waals surface area (Å²) in [5.41, 5.74) is 1.01. The number of hydrogen-bond donors (Lipinski definition) is 0. The molecule has 0 aliphatic heterocycles. The topological polar surface area (TPSA) is 26.3 Å². The second kappa shape index (κ2) is 6.90. The molecule has 22 heavy (non-hydrogen) atoms. The van der Waals surface area contributed by atoms with Crippen molar-refractivity contribution >= 4 is 28.6 Å². The lowest BCUT2D eigenvalue weighted by molar-refractivity contribution is -0.149. The minimum atomic E-state index is -0.328. The highest BCUT2D eigenvalue weighted by Gasteiger charge is 2.27. The summed E-state index contributed by atoms with van der Waals surface area (Å²) >= 11 is 3.17. The van der Waals surface area contributed by atoms with Crippen molar-refractivity contribution in [3.63, 3.8) is 0 Å². The number of carbonyl (C=O) groups is 1. The lowest BCUT2D eigenvalue weighted by Crippen LogP contribution is -2.17. The molecule has 0 amide bonds. The van der Waals surface area contributed by atoms with Crippen LogP contribution in [0.1, 0.15) is 34.3 Å². The largest absolute Gasteiger partial charge is 0.457 e. The summed E-state index contributed by atoms with van der Waals surface area (Å²) in [5.74, 6) is -0.521. The Hall–Kier alpha value is -1.91. The number of esters is 1. The molecule has 0 radical (unpaired) electrons. The van der Waals surface area contributed by atoms with Crippen LogP contribution in [0.3, 0.4) is 0 Å². The van der Waals surface area contributed by atoms with Crippen molar-refractivity contribution in [3.8, 4) is 0 Å². The van der Waals surface area contributed by atoms with Gasteiger partial charge in [0.1, 0.15) is 12.0 Å². The van der Waals surface area contributed by atoms with E-state index in [1.54, 1.807) is 22.7 Å². The Morgan fingerprint density at radius 3 is 2.00 bits per heavy atom. The van der Waals surface area contributed by atoms with Crippen molar-refractivity contribution in [3.05, 3.63) is 80.7 Å². The van der Waals surface area contributed by atoms with Gasteiger partial charge in [-0.3, -0.25) is 4.79 Å². The van der Waals surface area contributed by atoms with Crippen LogP contribution in [0.15, 0.2) is 65.4 Å². The van der Waals surface area contributed by atoms with Gasteiger partial charge < -0.3 is 4.74 Å². The van der Waals surface area contributed by atoms with Crippen LogP contribution in [-0.2, 0) is 9.53 Å². The average Bonchev–Trinajstić information content (AvgIpc) is 3.22. The van der Waals surface area contributed by atoms with Gasteiger partial charge in [-0.2, -0.15) is 0 Å². The van der Waals surface area contributed by atoms with E-state index in [-0.39, 0.29) is 18.0 Å². The summed E-state index contributed by atoms with van der Waals surface area (Å²) in [5, 5.41) is 3.98. The van der Waals surface area contributed by atoms with Crippen LogP contribution in [0.4, 0.5) is 0 Å². The SMILES string of the molecule is CC(OC(=O)C(c1cccs1)c1cccs1)c1ccccc1. The summed E-state index contributed by atoms with van der Waals surface area (Å²) in [6, 6.07) is 17.7. The fourth-order valence-electron chi connectivity index (χ4n) is 2.32. The normalized spacial score (nSPS) is 12.3. The highest BCUT2D eigenvalue weighted by atomic mass is 32.1. The van der Waals surface area contributed by atoms with Crippen LogP contribution < -0.4 is 0 Å². The van der Waals surface area contributed by atoms with E-state index in [0.717, 1.165) is 15.3 Å². The lowest BCUT2D eigenvalue weighted by Gasteiger charge is -2.18. The fraction of sp³-hybridized carbons (Fsp3) is 0.167. The zero-order valence-corrected chi connectivity index (χ0v) is 13.8. The number of rotatable bonds is 5. The summed E-state index contributed by atoms with van der Waals surface area (Å²) < 4.78 is 5.72. The van der Waals surface area contributed by atoms with Gasteiger partial charge in [-0.15, -0.1) is 22.7 Å². The summed E-state index contributed by atoms with van der Waals surface area (Å²) in [6.45, 7) is 1.91. The van der Waals surface area contributed by atoms with E-state index in [1.165, 1.54) is 0 Å². The Morgan fingerprint density at radius 2 is 1.50 bits per heavy atom. The quantitative estimate of drug-likeness (QED) is 0.598. The molecule has 0 saturated carbocycles. The minimum absolute atomic E-state index is 0.193. The van der Waals surface area contributed by atoms with Crippen LogP contribution in [0.2, 0.25) is 0 Å². The van der Waals surface area contributed by atoms with Crippen LogP contribution in [0.25, 0.3) is 0 Å². The maximum Gasteiger partial charge on any atom is 0.320 e. The molecule has 0 spiro atoms. The molecular weight excluding hydrogens is 312 g/mol. The molecule has 2 heterocycles. The maximum atomic E-state index is 12.7. The number of benzene rings is 1. The van der Waals surface area contributed by atoms with Gasteiger partial charge in [-0.1, -0.05) is 42.5 Å². The fourth-order valence-corrected chi connectivity index (χ4v) is 4.05. The standard InChI is InChI=1S/C18H16O2S2/c1-13(14-7-3-2-4-8-14)20-18(19)17(15-9-5-11-21-15)16-10-6-12-22-16/h2-13,17H,1H3. The monoisotopic (exact) mass is 328 g/mol. The molecule has 3 aromatic rings. The van der Waals surface area contributed by atoms with Gasteiger partial charge in [-0.25, -0.2) is 0 Å². The highest BCUT2D eigenvalue weighted by molar-refractivity contribution is 7.11. The molecule has 112 valence electrons. The minimum Gasteiger partial charge on any atom is -0.457 e. The first kappa shape index (κ1) is 15.0. The van der Waals surface area contributed by atoms with Crippen molar-refractivity contribution in [2.75, 3.05) is 0 Å². The molecule has 0 fully saturated rings. The lowest BCUT2D eigenvalue weighted by atomic mass is 10.1. The zero-order chi connectivity index (χ0) is 15.4. The van der Waals surface area contributed by atoms with Gasteiger partial charge in [0.25, 0.3) is 0 Å². The van der Waals surface area contributed by atoms with Gasteiger partial charge in [0, 0.05) is 9.75 Å². The zero-order valence-electron chi connectivity index (χ0n) is 12.1. The Bertz CT molecular complexity index is 669. The van der Waals surface area contributed by atoms with E-state index in [0.29, 0.717) is 0 Å². The van der Waals surface area contributed by atoms with Crippen LogP contribution >= 0.6 is 22.7 Å². The molecule has 0 saturated heterocycles. The molecule has 3 rings (SSSR count). The van der Waals surface area contributed by atoms with Crippen LogP contribution in [0.5, 0.6) is 0 Å². The molecule has 1 atom stereocenters. The molecule has 4 heteroatoms. The summed E-state index contributed by atoms with van der Waals surface area (Å²) in [7, 11) is 0. The van der Waals surface area contributed by atoms with E-state index < -0.39 is 0 Å². The average molecular weight is 328 g/mol. The van der Waals surface area contributed by atoms with Gasteiger partial charge in [0.15, 0.2) is 0 Å². The first-order chi connectivity index (χ1) is 10.8. The highest BCUT2D eigenvalue weighted by Crippen LogP contribution is 2.33. The maximum absolute atomic E-state index is 12.7. The van der Waals surface area contributed by atoms with Crippen molar-refractivity contribution in [1.29, 1.82) is 0 Å². The second-order valence-corrected chi connectivity index (χ2v) is 6.91. The van der Waals surface area contributed by atoms with Crippen molar-refractivity contribution in [2.45, 2.75) is 18.9 Å². The summed E-state index contributed by atoms with van der Waals surface area (Å²) in [4.78, 5) is 14.8. The number of hydrogen-bond acceptors (Lipinski definition) is 4. The van der Waals surface area contributed by atoms with Crippen LogP contribution in [-0.4, -0.2) is 5.97 Å². The third-order valence-corrected chi connectivity index (χ3v) is 5.33. The third-order valence-electron chi connectivity index (χ3n) is 3.45. The molecule has 0 aliphatic rings. The predicted molar refractivity (Wildman–Crippen MR) is 91.4 cm³/mol. The van der Waals surface area contributed by atoms with E-state index >= 15 is 0 Å². The molecule has 0 bridgehead atoms. The first-order valence-electron chi connectivity index (χ1n) is 7.08. The molecule has 0 N–H and O–H groups in total. The second-order valence-electron chi connectivity index (χ2n) is 4.95. The number of carbonyl (C=O) groups excluding carboxylic acids is 1. The molecule has 2 aromatic heterocycles. The smallest absolute Gasteiger partial charge is 0.320 e. The van der Waals surface area contributed by atoms with Gasteiger partial charge >= 0.3 is 5.97 Å². The van der Waals surface area contributed by atoms with Gasteiger partial charge in [0.2, 0.25) is 0 Å². The summed E-state index contributed by atoms with van der Waals surface area (Å²) in [6.07, 6.45) is -0.254. The van der Waals surface area contributed by atoms with Crippen LogP contribution in [0, 0.1) is 0 Å². The third kappa shape index (κ3) is 3.29. The van der Waals surface area contributed by atoms with Crippen molar-refractivity contribution < 1.29 is 9.53 Å². The number of ether oxygens (including phenoxy) is 1. The molecule has 2 nitrogen and oxygen atoms in total. The van der Waals surface area contributed by atoms with Gasteiger partial charge in [0.05, 0.1) is 0 Å². The molecule has 1 unspecified atom stereocenters. The number of thiophene rings is 2. The molecule has 1 aromatic carbocycles. The van der Waals surface area contributed by atoms with E-state index in [2.05, 4.69) is 0 Å².